The van der Waals surface area contributed by atoms with Crippen LogP contribution in [0.5, 0.6) is 0 Å². The van der Waals surface area contributed by atoms with Gasteiger partial charge in [-0.05, 0) is 44.9 Å². The Morgan fingerprint density at radius 2 is 2.41 bits per heavy atom. The summed E-state index contributed by atoms with van der Waals surface area (Å²) in [6.07, 6.45) is 3.85. The molecule has 4 nitrogen and oxygen atoms in total. The normalized spacial score (nSPS) is 21.1. The number of hydrogen-bond acceptors (Lipinski definition) is 5. The van der Waals surface area contributed by atoms with E-state index in [2.05, 4.69) is 27.7 Å². The highest BCUT2D eigenvalue weighted by molar-refractivity contribution is 7.10. The first-order valence-electron chi connectivity index (χ1n) is 6.03. The Balaban J connectivity index is 1.95. The van der Waals surface area contributed by atoms with E-state index in [9.17, 15) is 0 Å². The fourth-order valence-corrected chi connectivity index (χ4v) is 2.99. The Labute approximate surface area is 106 Å². The molecule has 1 saturated heterocycles. The summed E-state index contributed by atoms with van der Waals surface area (Å²) in [5, 5.41) is 13.3. The zero-order valence-corrected chi connectivity index (χ0v) is 11.2. The molecule has 0 spiro atoms. The number of nitrogens with one attached hydrogen (secondary N) is 1. The second kappa shape index (κ2) is 5.48. The molecule has 92 valence electrons. The summed E-state index contributed by atoms with van der Waals surface area (Å²) in [6, 6.07) is 2.80. The highest BCUT2D eigenvalue weighted by atomic mass is 32.1. The van der Waals surface area contributed by atoms with Crippen LogP contribution >= 0.6 is 11.5 Å². The maximum absolute atomic E-state index is 9.04. The second-order valence-corrected chi connectivity index (χ2v) is 5.37. The van der Waals surface area contributed by atoms with E-state index in [-0.39, 0.29) is 0 Å². The van der Waals surface area contributed by atoms with E-state index in [4.69, 9.17) is 5.26 Å². The molecule has 5 heteroatoms. The maximum atomic E-state index is 9.04. The first-order valence-corrected chi connectivity index (χ1v) is 6.80. The lowest BCUT2D eigenvalue weighted by atomic mass is 10.0. The predicted octanol–water partition coefficient (Wildman–Crippen LogP) is 2.22. The predicted molar refractivity (Wildman–Crippen MR) is 70.3 cm³/mol. The van der Waals surface area contributed by atoms with Gasteiger partial charge in [0.05, 0.1) is 5.69 Å². The topological polar surface area (TPSA) is 52.0 Å². The van der Waals surface area contributed by atoms with Crippen molar-refractivity contribution in [3.05, 3.63) is 11.3 Å². The number of hydrogen-bond donors (Lipinski definition) is 1. The number of piperidine rings is 1. The molecule has 1 aromatic rings. The van der Waals surface area contributed by atoms with E-state index in [0.717, 1.165) is 17.2 Å². The molecule has 0 saturated carbocycles. The van der Waals surface area contributed by atoms with Crippen LogP contribution in [0, 0.1) is 18.3 Å². The third kappa shape index (κ3) is 2.76. The number of aryl methyl sites for hydroxylation is 1. The van der Waals surface area contributed by atoms with Crippen molar-refractivity contribution in [2.24, 2.45) is 0 Å². The van der Waals surface area contributed by atoms with Gasteiger partial charge in [-0.1, -0.05) is 6.42 Å². The van der Waals surface area contributed by atoms with Crippen LogP contribution in [-0.4, -0.2) is 35.5 Å². The van der Waals surface area contributed by atoms with E-state index >= 15 is 0 Å². The Kier molecular flexibility index (Phi) is 3.97. The molecule has 2 rings (SSSR count). The minimum absolute atomic E-state index is 0.581. The largest absolute Gasteiger partial charge is 0.373 e. The summed E-state index contributed by atoms with van der Waals surface area (Å²) in [5.74, 6) is 0. The average Bonchev–Trinajstić information content (AvgIpc) is 2.69. The molecular formula is C12H18N4S. The van der Waals surface area contributed by atoms with Crippen molar-refractivity contribution in [2.45, 2.75) is 32.2 Å². The standard InChI is InChI=1S/C12H18N4S/c1-9-11(7-13)12(17-15-9)14-8-10-5-3-4-6-16(10)2/h10,14H,3-6,8H2,1-2H3. The van der Waals surface area contributed by atoms with E-state index in [1.54, 1.807) is 0 Å². The number of aromatic nitrogens is 1. The quantitative estimate of drug-likeness (QED) is 0.893. The highest BCUT2D eigenvalue weighted by Gasteiger charge is 2.19. The minimum Gasteiger partial charge on any atom is -0.373 e. The molecule has 1 aliphatic heterocycles. The molecule has 0 radical (unpaired) electrons. The summed E-state index contributed by atoms with van der Waals surface area (Å²) >= 11 is 1.39. The van der Waals surface area contributed by atoms with Crippen molar-refractivity contribution in [1.29, 1.82) is 5.26 Å². The van der Waals surface area contributed by atoms with Crippen LogP contribution in [0.4, 0.5) is 5.00 Å². The Hall–Kier alpha value is -1.12. The second-order valence-electron chi connectivity index (χ2n) is 4.60. The average molecular weight is 250 g/mol. The summed E-state index contributed by atoms with van der Waals surface area (Å²) in [7, 11) is 2.18. The fourth-order valence-electron chi connectivity index (χ4n) is 2.23. The van der Waals surface area contributed by atoms with E-state index in [1.165, 1.54) is 37.3 Å². The van der Waals surface area contributed by atoms with Crippen molar-refractivity contribution >= 4 is 16.5 Å². The van der Waals surface area contributed by atoms with Gasteiger partial charge in [-0.15, -0.1) is 0 Å². The number of nitrogens with zero attached hydrogens (tertiary/aromatic N) is 3. The molecule has 1 aliphatic rings. The zero-order chi connectivity index (χ0) is 12.3. The molecule has 0 aromatic carbocycles. The van der Waals surface area contributed by atoms with Gasteiger partial charge in [0.25, 0.3) is 0 Å². The third-order valence-corrected chi connectivity index (χ3v) is 4.29. The molecule has 17 heavy (non-hydrogen) atoms. The van der Waals surface area contributed by atoms with E-state index < -0.39 is 0 Å². The van der Waals surface area contributed by atoms with Crippen molar-refractivity contribution in [3.63, 3.8) is 0 Å². The first kappa shape index (κ1) is 12.3. The van der Waals surface area contributed by atoms with Gasteiger partial charge in [-0.3, -0.25) is 0 Å². The van der Waals surface area contributed by atoms with Gasteiger partial charge >= 0.3 is 0 Å². The summed E-state index contributed by atoms with van der Waals surface area (Å²) in [4.78, 5) is 2.40. The molecular weight excluding hydrogens is 232 g/mol. The van der Waals surface area contributed by atoms with Crippen LogP contribution in [-0.2, 0) is 0 Å². The monoisotopic (exact) mass is 250 g/mol. The van der Waals surface area contributed by atoms with Gasteiger partial charge in [-0.2, -0.15) is 9.64 Å². The Bertz CT molecular complexity index is 421. The number of nitriles is 1. The molecule has 0 bridgehead atoms. The molecule has 0 amide bonds. The molecule has 2 heterocycles. The third-order valence-electron chi connectivity index (χ3n) is 3.39. The maximum Gasteiger partial charge on any atom is 0.127 e. The van der Waals surface area contributed by atoms with E-state index in [0.29, 0.717) is 11.6 Å². The first-order chi connectivity index (χ1) is 8.22. The molecule has 1 aromatic heterocycles. The number of rotatable bonds is 3. The smallest absolute Gasteiger partial charge is 0.127 e. The van der Waals surface area contributed by atoms with E-state index in [1.807, 2.05) is 6.92 Å². The van der Waals surface area contributed by atoms with Gasteiger partial charge in [0.15, 0.2) is 0 Å². The van der Waals surface area contributed by atoms with Crippen molar-refractivity contribution in [3.8, 4) is 6.07 Å². The minimum atomic E-state index is 0.581. The number of likely N-dealkylation sites (tertiary alicyclic amines) is 1. The molecule has 1 fully saturated rings. The number of likely N-dealkylation sites (N-methyl/N-ethyl adjacent to an activating group) is 1. The van der Waals surface area contributed by atoms with Crippen molar-refractivity contribution in [1.82, 2.24) is 9.27 Å². The summed E-state index contributed by atoms with van der Waals surface area (Å²) < 4.78 is 4.21. The van der Waals surface area contributed by atoms with Crippen LogP contribution in [0.25, 0.3) is 0 Å². The fraction of sp³-hybridized carbons (Fsp3) is 0.667. The van der Waals surface area contributed by atoms with Gasteiger partial charge in [0.1, 0.15) is 16.6 Å². The van der Waals surface area contributed by atoms with Gasteiger partial charge in [-0.25, -0.2) is 0 Å². The summed E-state index contributed by atoms with van der Waals surface area (Å²) in [5.41, 5.74) is 1.53. The molecule has 1 atom stereocenters. The molecule has 0 aliphatic carbocycles. The van der Waals surface area contributed by atoms with Gasteiger partial charge in [0, 0.05) is 12.6 Å². The van der Waals surface area contributed by atoms with Crippen LogP contribution < -0.4 is 5.32 Å². The summed E-state index contributed by atoms with van der Waals surface area (Å²) in [6.45, 7) is 3.97. The lowest BCUT2D eigenvalue weighted by Gasteiger charge is -2.32. The number of anilines is 1. The SMILES string of the molecule is Cc1nsc(NCC2CCCCN2C)c1C#N. The Morgan fingerprint density at radius 1 is 1.59 bits per heavy atom. The molecule has 1 N–H and O–H groups in total. The highest BCUT2D eigenvalue weighted by Crippen LogP contribution is 2.24. The molecule has 1 unspecified atom stereocenters. The van der Waals surface area contributed by atoms with Crippen molar-refractivity contribution < 1.29 is 0 Å². The van der Waals surface area contributed by atoms with Gasteiger partial charge < -0.3 is 10.2 Å². The van der Waals surface area contributed by atoms with Crippen LogP contribution in [0.1, 0.15) is 30.5 Å². The van der Waals surface area contributed by atoms with Crippen molar-refractivity contribution in [2.75, 3.05) is 25.5 Å². The zero-order valence-electron chi connectivity index (χ0n) is 10.4. The lowest BCUT2D eigenvalue weighted by molar-refractivity contribution is 0.195. The Morgan fingerprint density at radius 3 is 3.12 bits per heavy atom. The lowest BCUT2D eigenvalue weighted by Crippen LogP contribution is -2.40. The van der Waals surface area contributed by atoms with Crippen LogP contribution in [0.3, 0.4) is 0 Å². The van der Waals surface area contributed by atoms with Crippen LogP contribution in [0.15, 0.2) is 0 Å². The van der Waals surface area contributed by atoms with Gasteiger partial charge in [0.2, 0.25) is 0 Å². The van der Waals surface area contributed by atoms with Crippen LogP contribution in [0.2, 0.25) is 0 Å².